The van der Waals surface area contributed by atoms with Crippen LogP contribution < -0.4 is 0 Å². The van der Waals surface area contributed by atoms with Gasteiger partial charge in [0.05, 0.1) is 12.9 Å². The van der Waals surface area contributed by atoms with Gasteiger partial charge in [0.25, 0.3) is 11.8 Å². The van der Waals surface area contributed by atoms with E-state index in [2.05, 4.69) is 0 Å². The highest BCUT2D eigenvalue weighted by molar-refractivity contribution is 5.98. The van der Waals surface area contributed by atoms with Crippen LogP contribution in [-0.2, 0) is 9.53 Å². The highest BCUT2D eigenvalue weighted by Crippen LogP contribution is 2.39. The van der Waals surface area contributed by atoms with Crippen molar-refractivity contribution in [2.24, 2.45) is 0 Å². The summed E-state index contributed by atoms with van der Waals surface area (Å²) in [5.41, 5.74) is -0.395. The van der Waals surface area contributed by atoms with Crippen molar-refractivity contribution in [2.45, 2.75) is 51.3 Å². The number of hydrogen-bond donors (Lipinski definition) is 0. The standard InChI is InChI=1S/C26H33N3O5/c1-3-14-27(15-4-2)24(31)21-19-34-26(29(21)23(30)20-9-6-5-7-10-20)12-16-28(17-13-26)25(32)22-11-8-18-33-22/h5-11,18,21H,3-4,12-17,19H2,1-2H3. The monoisotopic (exact) mass is 467 g/mol. The Morgan fingerprint density at radius 3 is 2.24 bits per heavy atom. The van der Waals surface area contributed by atoms with Crippen molar-refractivity contribution in [3.05, 3.63) is 60.1 Å². The van der Waals surface area contributed by atoms with E-state index in [9.17, 15) is 14.4 Å². The number of furan rings is 1. The van der Waals surface area contributed by atoms with Crippen molar-refractivity contribution in [1.29, 1.82) is 0 Å². The average molecular weight is 468 g/mol. The average Bonchev–Trinajstić information content (AvgIpc) is 3.53. The van der Waals surface area contributed by atoms with Gasteiger partial charge in [0.2, 0.25) is 5.91 Å². The van der Waals surface area contributed by atoms with Gasteiger partial charge in [-0.15, -0.1) is 0 Å². The number of piperidine rings is 1. The summed E-state index contributed by atoms with van der Waals surface area (Å²) < 4.78 is 11.6. The molecule has 0 saturated carbocycles. The lowest BCUT2D eigenvalue weighted by molar-refractivity contribution is -0.137. The minimum atomic E-state index is -0.919. The van der Waals surface area contributed by atoms with E-state index in [-0.39, 0.29) is 24.3 Å². The van der Waals surface area contributed by atoms with Crippen molar-refractivity contribution >= 4 is 17.7 Å². The lowest BCUT2D eigenvalue weighted by atomic mass is 9.96. The SMILES string of the molecule is CCCN(CCC)C(=O)C1COC2(CCN(C(=O)c3ccco3)CC2)N1C(=O)c1ccccc1. The van der Waals surface area contributed by atoms with Gasteiger partial charge in [0, 0.05) is 44.6 Å². The number of ether oxygens (including phenoxy) is 1. The van der Waals surface area contributed by atoms with E-state index in [4.69, 9.17) is 9.15 Å². The zero-order valence-electron chi connectivity index (χ0n) is 19.9. The molecule has 4 rings (SSSR count). The number of benzene rings is 1. The molecule has 2 aliphatic rings. The van der Waals surface area contributed by atoms with Gasteiger partial charge in [0.15, 0.2) is 5.76 Å². The lowest BCUT2D eigenvalue weighted by Gasteiger charge is -2.44. The van der Waals surface area contributed by atoms with Gasteiger partial charge in [-0.3, -0.25) is 19.3 Å². The van der Waals surface area contributed by atoms with Crippen LogP contribution in [0.3, 0.4) is 0 Å². The second kappa shape index (κ2) is 10.4. The molecule has 1 aromatic heterocycles. The van der Waals surface area contributed by atoms with Gasteiger partial charge in [0.1, 0.15) is 11.8 Å². The number of hydrogen-bond acceptors (Lipinski definition) is 5. The molecule has 0 radical (unpaired) electrons. The maximum absolute atomic E-state index is 13.8. The van der Waals surface area contributed by atoms with Crippen LogP contribution >= 0.6 is 0 Å². The number of likely N-dealkylation sites (tertiary alicyclic amines) is 1. The highest BCUT2D eigenvalue weighted by Gasteiger charge is 2.54. The van der Waals surface area contributed by atoms with Crippen molar-refractivity contribution in [2.75, 3.05) is 32.8 Å². The second-order valence-electron chi connectivity index (χ2n) is 8.91. The molecule has 34 heavy (non-hydrogen) atoms. The van der Waals surface area contributed by atoms with Crippen LogP contribution in [0.15, 0.2) is 53.1 Å². The van der Waals surface area contributed by atoms with Crippen molar-refractivity contribution in [3.8, 4) is 0 Å². The minimum Gasteiger partial charge on any atom is -0.459 e. The van der Waals surface area contributed by atoms with Gasteiger partial charge in [-0.05, 0) is 37.1 Å². The van der Waals surface area contributed by atoms with Crippen LogP contribution in [-0.4, -0.2) is 77.0 Å². The van der Waals surface area contributed by atoms with Crippen LogP contribution in [0.4, 0.5) is 0 Å². The van der Waals surface area contributed by atoms with E-state index in [1.165, 1.54) is 6.26 Å². The Morgan fingerprint density at radius 1 is 0.971 bits per heavy atom. The van der Waals surface area contributed by atoms with E-state index >= 15 is 0 Å². The molecule has 2 fully saturated rings. The molecule has 1 unspecified atom stereocenters. The molecule has 8 heteroatoms. The van der Waals surface area contributed by atoms with Crippen LogP contribution in [0.2, 0.25) is 0 Å². The number of nitrogens with zero attached hydrogens (tertiary/aromatic N) is 3. The van der Waals surface area contributed by atoms with Crippen molar-refractivity contribution in [3.63, 3.8) is 0 Å². The van der Waals surface area contributed by atoms with Crippen LogP contribution in [0.1, 0.15) is 60.4 Å². The van der Waals surface area contributed by atoms with E-state index in [0.29, 0.717) is 50.3 Å². The first-order chi connectivity index (χ1) is 16.5. The van der Waals surface area contributed by atoms with Gasteiger partial charge in [-0.2, -0.15) is 0 Å². The molecule has 2 saturated heterocycles. The van der Waals surface area contributed by atoms with Crippen LogP contribution in [0.25, 0.3) is 0 Å². The van der Waals surface area contributed by atoms with Crippen LogP contribution in [0, 0.1) is 0 Å². The third kappa shape index (κ3) is 4.59. The first kappa shape index (κ1) is 24.0. The van der Waals surface area contributed by atoms with Crippen molar-refractivity contribution in [1.82, 2.24) is 14.7 Å². The predicted octanol–water partition coefficient (Wildman–Crippen LogP) is 3.40. The fourth-order valence-electron chi connectivity index (χ4n) is 4.97. The van der Waals surface area contributed by atoms with E-state index in [0.717, 1.165) is 12.8 Å². The molecule has 8 nitrogen and oxygen atoms in total. The van der Waals surface area contributed by atoms with Crippen molar-refractivity contribution < 1.29 is 23.5 Å². The third-order valence-corrected chi connectivity index (χ3v) is 6.65. The molecule has 3 heterocycles. The zero-order chi connectivity index (χ0) is 24.1. The summed E-state index contributed by atoms with van der Waals surface area (Å²) >= 11 is 0. The fourth-order valence-corrected chi connectivity index (χ4v) is 4.97. The molecule has 0 bridgehead atoms. The maximum atomic E-state index is 13.8. The number of amides is 3. The first-order valence-corrected chi connectivity index (χ1v) is 12.1. The number of carbonyl (C=O) groups excluding carboxylic acids is 3. The largest absolute Gasteiger partial charge is 0.459 e. The summed E-state index contributed by atoms with van der Waals surface area (Å²) in [6, 6.07) is 11.7. The summed E-state index contributed by atoms with van der Waals surface area (Å²) in [6.07, 6.45) is 4.04. The number of carbonyl (C=O) groups is 3. The number of rotatable bonds is 7. The van der Waals surface area contributed by atoms with Gasteiger partial charge >= 0.3 is 0 Å². The topological polar surface area (TPSA) is 83.3 Å². The predicted molar refractivity (Wildman–Crippen MR) is 126 cm³/mol. The summed E-state index contributed by atoms with van der Waals surface area (Å²) in [7, 11) is 0. The van der Waals surface area contributed by atoms with E-state index in [1.54, 1.807) is 34.1 Å². The van der Waals surface area contributed by atoms with Gasteiger partial charge in [-0.25, -0.2) is 0 Å². The van der Waals surface area contributed by atoms with E-state index < -0.39 is 11.8 Å². The van der Waals surface area contributed by atoms with Gasteiger partial charge in [-0.1, -0.05) is 32.0 Å². The molecular weight excluding hydrogens is 434 g/mol. The molecule has 1 atom stereocenters. The Kier molecular flexibility index (Phi) is 7.36. The smallest absolute Gasteiger partial charge is 0.289 e. The molecule has 2 aromatic rings. The van der Waals surface area contributed by atoms with Gasteiger partial charge < -0.3 is 19.0 Å². The normalized spacial score (nSPS) is 19.4. The van der Waals surface area contributed by atoms with E-state index in [1.807, 2.05) is 36.9 Å². The summed E-state index contributed by atoms with van der Waals surface area (Å²) in [5.74, 6) is -0.166. The summed E-state index contributed by atoms with van der Waals surface area (Å²) in [5, 5.41) is 0. The Balaban J connectivity index is 1.59. The molecule has 3 amide bonds. The van der Waals surface area contributed by atoms with Crippen LogP contribution in [0.5, 0.6) is 0 Å². The quantitative estimate of drug-likeness (QED) is 0.623. The Labute approximate surface area is 200 Å². The molecular formula is C26H33N3O5. The molecule has 1 spiro atoms. The second-order valence-corrected chi connectivity index (χ2v) is 8.91. The summed E-state index contributed by atoms with van der Waals surface area (Å²) in [4.78, 5) is 45.3. The Bertz CT molecular complexity index is 977. The Hall–Kier alpha value is -3.13. The molecule has 1 aromatic carbocycles. The zero-order valence-corrected chi connectivity index (χ0v) is 19.9. The molecule has 0 aliphatic carbocycles. The lowest BCUT2D eigenvalue weighted by Crippen LogP contribution is -2.60. The molecule has 0 N–H and O–H groups in total. The Morgan fingerprint density at radius 2 is 1.65 bits per heavy atom. The summed E-state index contributed by atoms with van der Waals surface area (Å²) in [6.45, 7) is 6.36. The third-order valence-electron chi connectivity index (χ3n) is 6.65. The molecule has 182 valence electrons. The maximum Gasteiger partial charge on any atom is 0.289 e. The molecule has 2 aliphatic heterocycles. The minimum absolute atomic E-state index is 0.0704. The highest BCUT2D eigenvalue weighted by atomic mass is 16.5. The fraction of sp³-hybridized carbons (Fsp3) is 0.500. The first-order valence-electron chi connectivity index (χ1n) is 12.1.